The number of nitrogens with one attached hydrogen (secondary N) is 2. The van der Waals surface area contributed by atoms with Crippen LogP contribution >= 0.6 is 24.0 Å². The number of likely N-dealkylation sites (tertiary alicyclic amines) is 1. The van der Waals surface area contributed by atoms with Gasteiger partial charge in [-0.05, 0) is 48.6 Å². The van der Waals surface area contributed by atoms with E-state index in [0.29, 0.717) is 6.54 Å². The Hall–Kier alpha value is -1.84. The molecule has 7 heteroatoms. The standard InChI is InChI=1S/C24H34N4O2.HI/c1-3-25-24(27-17-21-5-4-6-23(15-21)30-2)26-16-19-7-9-20(10-8-19)18-28-13-11-22(29)12-14-28;/h4-10,15,22,29H,3,11-14,16-18H2,1-2H3,(H2,25,26,27);1H. The van der Waals surface area contributed by atoms with Crippen LogP contribution in [-0.2, 0) is 19.6 Å². The molecule has 2 aromatic rings. The van der Waals surface area contributed by atoms with Crippen LogP contribution in [0.1, 0.15) is 36.5 Å². The number of hydrogen-bond donors (Lipinski definition) is 3. The van der Waals surface area contributed by atoms with E-state index in [-0.39, 0.29) is 30.1 Å². The van der Waals surface area contributed by atoms with Crippen LogP contribution in [0.15, 0.2) is 53.5 Å². The van der Waals surface area contributed by atoms with Crippen LogP contribution in [-0.4, -0.2) is 48.8 Å². The molecule has 1 aliphatic heterocycles. The Balaban J connectivity index is 0.00000341. The van der Waals surface area contributed by atoms with E-state index in [9.17, 15) is 5.11 Å². The molecule has 0 saturated carbocycles. The third-order valence-electron chi connectivity index (χ3n) is 5.34. The summed E-state index contributed by atoms with van der Waals surface area (Å²) in [7, 11) is 1.68. The lowest BCUT2D eigenvalue weighted by molar-refractivity contribution is 0.0792. The highest BCUT2D eigenvalue weighted by atomic mass is 127. The van der Waals surface area contributed by atoms with Gasteiger partial charge in [0.2, 0.25) is 0 Å². The largest absolute Gasteiger partial charge is 0.497 e. The molecule has 1 fully saturated rings. The number of ether oxygens (including phenoxy) is 1. The maximum Gasteiger partial charge on any atom is 0.191 e. The summed E-state index contributed by atoms with van der Waals surface area (Å²) in [6.07, 6.45) is 1.64. The number of methoxy groups -OCH3 is 1. The van der Waals surface area contributed by atoms with Gasteiger partial charge in [-0.1, -0.05) is 36.4 Å². The summed E-state index contributed by atoms with van der Waals surface area (Å²) in [6.45, 7) is 7.09. The molecular weight excluding hydrogens is 503 g/mol. The van der Waals surface area contributed by atoms with Gasteiger partial charge < -0.3 is 20.5 Å². The molecule has 3 N–H and O–H groups in total. The van der Waals surface area contributed by atoms with Crippen molar-refractivity contribution in [3.8, 4) is 5.75 Å². The molecule has 2 aromatic carbocycles. The van der Waals surface area contributed by atoms with Gasteiger partial charge >= 0.3 is 0 Å². The third kappa shape index (κ3) is 8.66. The van der Waals surface area contributed by atoms with Crippen molar-refractivity contribution in [1.82, 2.24) is 15.5 Å². The Morgan fingerprint density at radius 3 is 2.45 bits per heavy atom. The first-order valence-electron chi connectivity index (χ1n) is 10.8. The fourth-order valence-electron chi connectivity index (χ4n) is 3.57. The summed E-state index contributed by atoms with van der Waals surface area (Å²) in [5, 5.41) is 16.4. The van der Waals surface area contributed by atoms with Gasteiger partial charge in [0.15, 0.2) is 5.96 Å². The van der Waals surface area contributed by atoms with Crippen LogP contribution in [0, 0.1) is 0 Å². The minimum absolute atomic E-state index is 0. The van der Waals surface area contributed by atoms with Gasteiger partial charge in [-0.25, -0.2) is 4.99 Å². The van der Waals surface area contributed by atoms with Crippen molar-refractivity contribution in [2.75, 3.05) is 26.7 Å². The maximum absolute atomic E-state index is 9.64. The van der Waals surface area contributed by atoms with E-state index in [1.807, 2.05) is 18.2 Å². The van der Waals surface area contributed by atoms with Gasteiger partial charge in [0.25, 0.3) is 0 Å². The van der Waals surface area contributed by atoms with Crippen molar-refractivity contribution in [2.24, 2.45) is 4.99 Å². The SMILES string of the molecule is CCNC(=NCc1cccc(OC)c1)NCc1ccc(CN2CCC(O)CC2)cc1.I. The van der Waals surface area contributed by atoms with Crippen LogP contribution in [0.5, 0.6) is 5.75 Å². The van der Waals surface area contributed by atoms with Crippen LogP contribution in [0.25, 0.3) is 0 Å². The summed E-state index contributed by atoms with van der Waals surface area (Å²) < 4.78 is 5.28. The molecule has 170 valence electrons. The molecule has 0 bridgehead atoms. The fourth-order valence-corrected chi connectivity index (χ4v) is 3.57. The van der Waals surface area contributed by atoms with E-state index >= 15 is 0 Å². The van der Waals surface area contributed by atoms with Crippen molar-refractivity contribution in [3.05, 3.63) is 65.2 Å². The van der Waals surface area contributed by atoms with Gasteiger partial charge in [-0.3, -0.25) is 4.90 Å². The van der Waals surface area contributed by atoms with Gasteiger partial charge in [0, 0.05) is 32.7 Å². The quantitative estimate of drug-likeness (QED) is 0.273. The third-order valence-corrected chi connectivity index (χ3v) is 5.34. The number of piperidine rings is 1. The molecule has 0 aromatic heterocycles. The Labute approximate surface area is 203 Å². The molecule has 0 atom stereocenters. The van der Waals surface area contributed by atoms with E-state index in [2.05, 4.69) is 57.8 Å². The lowest BCUT2D eigenvalue weighted by Gasteiger charge is -2.29. The Kier molecular flexibility index (Phi) is 11.1. The maximum atomic E-state index is 9.64. The second-order valence-corrected chi connectivity index (χ2v) is 7.72. The normalized spacial score (nSPS) is 15.3. The number of guanidine groups is 1. The topological polar surface area (TPSA) is 69.1 Å². The van der Waals surface area contributed by atoms with Crippen LogP contribution < -0.4 is 15.4 Å². The first kappa shape index (κ1) is 25.4. The van der Waals surface area contributed by atoms with Gasteiger partial charge in [-0.15, -0.1) is 24.0 Å². The molecular formula is C24H35IN4O2. The van der Waals surface area contributed by atoms with Crippen molar-refractivity contribution < 1.29 is 9.84 Å². The van der Waals surface area contributed by atoms with Crippen molar-refractivity contribution in [1.29, 1.82) is 0 Å². The van der Waals surface area contributed by atoms with E-state index < -0.39 is 0 Å². The Morgan fingerprint density at radius 2 is 1.77 bits per heavy atom. The number of hydrogen-bond acceptors (Lipinski definition) is 4. The van der Waals surface area contributed by atoms with Crippen molar-refractivity contribution in [3.63, 3.8) is 0 Å². The number of nitrogens with zero attached hydrogens (tertiary/aromatic N) is 2. The van der Waals surface area contributed by atoms with Crippen molar-refractivity contribution in [2.45, 2.75) is 45.5 Å². The summed E-state index contributed by atoms with van der Waals surface area (Å²) in [5.41, 5.74) is 3.65. The zero-order chi connectivity index (χ0) is 21.2. The lowest BCUT2D eigenvalue weighted by atomic mass is 10.1. The monoisotopic (exact) mass is 538 g/mol. The number of benzene rings is 2. The number of halogens is 1. The number of aliphatic hydroxyl groups excluding tert-OH is 1. The predicted molar refractivity (Wildman–Crippen MR) is 137 cm³/mol. The van der Waals surface area contributed by atoms with E-state index in [4.69, 9.17) is 4.74 Å². The van der Waals surface area contributed by atoms with Crippen LogP contribution in [0.3, 0.4) is 0 Å². The Bertz CT molecular complexity index is 805. The molecule has 6 nitrogen and oxygen atoms in total. The molecule has 0 aliphatic carbocycles. The average molecular weight is 538 g/mol. The average Bonchev–Trinajstić information content (AvgIpc) is 2.78. The molecule has 0 unspecified atom stereocenters. The first-order chi connectivity index (χ1) is 14.7. The van der Waals surface area contributed by atoms with Gasteiger partial charge in [0.1, 0.15) is 5.75 Å². The van der Waals surface area contributed by atoms with Crippen LogP contribution in [0.2, 0.25) is 0 Å². The minimum Gasteiger partial charge on any atom is -0.497 e. The van der Waals surface area contributed by atoms with E-state index in [1.165, 1.54) is 11.1 Å². The highest BCUT2D eigenvalue weighted by Crippen LogP contribution is 2.15. The molecule has 3 rings (SSSR count). The smallest absolute Gasteiger partial charge is 0.191 e. The van der Waals surface area contributed by atoms with E-state index in [1.54, 1.807) is 7.11 Å². The molecule has 31 heavy (non-hydrogen) atoms. The molecule has 0 radical (unpaired) electrons. The molecule has 0 amide bonds. The van der Waals surface area contributed by atoms with Crippen LogP contribution in [0.4, 0.5) is 0 Å². The predicted octanol–water partition coefficient (Wildman–Crippen LogP) is 3.53. The first-order valence-corrected chi connectivity index (χ1v) is 10.8. The summed E-state index contributed by atoms with van der Waals surface area (Å²) in [4.78, 5) is 7.10. The van der Waals surface area contributed by atoms with Gasteiger partial charge in [0.05, 0.1) is 19.8 Å². The number of aliphatic imine (C=N–C) groups is 1. The highest BCUT2D eigenvalue weighted by molar-refractivity contribution is 14.0. The summed E-state index contributed by atoms with van der Waals surface area (Å²) in [5.74, 6) is 1.65. The number of aliphatic hydroxyl groups is 1. The number of rotatable bonds is 8. The Morgan fingerprint density at radius 1 is 1.06 bits per heavy atom. The molecule has 1 aliphatic rings. The second-order valence-electron chi connectivity index (χ2n) is 7.72. The molecule has 1 saturated heterocycles. The molecule has 1 heterocycles. The zero-order valence-corrected chi connectivity index (χ0v) is 20.8. The lowest BCUT2D eigenvalue weighted by Crippen LogP contribution is -2.36. The summed E-state index contributed by atoms with van der Waals surface area (Å²) >= 11 is 0. The molecule has 0 spiro atoms. The van der Waals surface area contributed by atoms with E-state index in [0.717, 1.165) is 62.8 Å². The second kappa shape index (κ2) is 13.5. The summed E-state index contributed by atoms with van der Waals surface area (Å²) in [6, 6.07) is 16.7. The van der Waals surface area contributed by atoms with Crippen molar-refractivity contribution >= 4 is 29.9 Å². The van der Waals surface area contributed by atoms with Gasteiger partial charge in [-0.2, -0.15) is 0 Å². The fraction of sp³-hybridized carbons (Fsp3) is 0.458. The zero-order valence-electron chi connectivity index (χ0n) is 18.5. The minimum atomic E-state index is -0.119. The highest BCUT2D eigenvalue weighted by Gasteiger charge is 2.16.